The zero-order valence-corrected chi connectivity index (χ0v) is 72.0. The van der Waals surface area contributed by atoms with Crippen LogP contribution in [0.4, 0.5) is 0 Å². The van der Waals surface area contributed by atoms with E-state index in [0.717, 1.165) is 66.8 Å². The van der Waals surface area contributed by atoms with Gasteiger partial charge in [0, 0.05) is 33.4 Å². The van der Waals surface area contributed by atoms with Crippen LogP contribution in [-0.2, 0) is 78.7 Å². The van der Waals surface area contributed by atoms with E-state index in [9.17, 15) is 28.4 Å². The van der Waals surface area contributed by atoms with Gasteiger partial charge in [-0.2, -0.15) is 0 Å². The fourth-order valence-corrected chi connectivity index (χ4v) is 13.3. The standard InChI is InChI=1S/3C28H43O4P.Al/c3*1-25(2,3)19-13-15-23(21(17-19)27(7,8)9)31-33(29,30)32-24-16-14-20(26(4,5)6)18-22(24)28(10,11)12;/h3*13-18H,1-12H3,(H,29,30);/q;;;+3/p-3. The molecule has 0 aliphatic heterocycles. The van der Waals surface area contributed by atoms with Gasteiger partial charge in [0.25, 0.3) is 0 Å². The smallest absolute Gasteiger partial charge is 0.736 e. The summed E-state index contributed by atoms with van der Waals surface area (Å²) < 4.78 is 72.7. The van der Waals surface area contributed by atoms with E-state index in [1.807, 2.05) is 197 Å². The van der Waals surface area contributed by atoms with Gasteiger partial charge in [-0.25, -0.2) is 13.7 Å². The third-order valence-corrected chi connectivity index (χ3v) is 19.7. The summed E-state index contributed by atoms with van der Waals surface area (Å²) >= 11 is 0. The van der Waals surface area contributed by atoms with Crippen LogP contribution in [0.25, 0.3) is 0 Å². The van der Waals surface area contributed by atoms with Crippen LogP contribution in [0.15, 0.2) is 109 Å². The molecule has 0 saturated carbocycles. The molecule has 100 heavy (non-hydrogen) atoms. The number of hydrogen-bond donors (Lipinski definition) is 0. The molecule has 12 nitrogen and oxygen atoms in total. The van der Waals surface area contributed by atoms with Crippen molar-refractivity contribution in [1.29, 1.82) is 0 Å². The Hall–Kier alpha value is -4.78. The molecule has 16 heteroatoms. The summed E-state index contributed by atoms with van der Waals surface area (Å²) in [5.41, 5.74) is 9.48. The molecule has 0 aliphatic rings. The van der Waals surface area contributed by atoms with Crippen LogP contribution in [0.2, 0.25) is 0 Å². The average Bonchev–Trinajstić information content (AvgIpc) is 0.801. The fraction of sp³-hybridized carbons (Fsp3) is 0.571. The molecule has 552 valence electrons. The molecule has 0 heterocycles. The molecule has 0 radical (unpaired) electrons. The van der Waals surface area contributed by atoms with Crippen molar-refractivity contribution in [2.75, 3.05) is 0 Å². The molecule has 0 aromatic heterocycles. The van der Waals surface area contributed by atoms with Crippen LogP contribution >= 0.6 is 23.5 Å². The van der Waals surface area contributed by atoms with Gasteiger partial charge >= 0.3 is 40.8 Å². The Kier molecular flexibility index (Phi) is 27.5. The third kappa shape index (κ3) is 25.8. The molecule has 6 aromatic rings. The largest absolute Gasteiger partial charge is 3.00 e. The summed E-state index contributed by atoms with van der Waals surface area (Å²) in [6, 6.07) is 34.2. The molecular formula is C84H126AlO12P3. The van der Waals surface area contributed by atoms with Crippen molar-refractivity contribution in [3.05, 3.63) is 176 Å². The van der Waals surface area contributed by atoms with Crippen LogP contribution in [0, 0.1) is 0 Å². The van der Waals surface area contributed by atoms with Crippen molar-refractivity contribution < 1.29 is 55.5 Å². The normalized spacial score (nSPS) is 13.6. The molecule has 0 fully saturated rings. The van der Waals surface area contributed by atoms with E-state index in [4.69, 9.17) is 27.1 Å². The molecule has 0 N–H and O–H groups in total. The van der Waals surface area contributed by atoms with E-state index in [1.54, 1.807) is 36.4 Å². The zero-order valence-electron chi connectivity index (χ0n) is 68.2. The number of benzene rings is 6. The van der Waals surface area contributed by atoms with Crippen LogP contribution in [-0.4, -0.2) is 17.4 Å². The van der Waals surface area contributed by atoms with E-state index >= 15 is 0 Å². The van der Waals surface area contributed by atoms with Crippen molar-refractivity contribution in [1.82, 2.24) is 0 Å². The number of phosphoric ester groups is 3. The van der Waals surface area contributed by atoms with Crippen molar-refractivity contribution in [3.8, 4) is 34.5 Å². The average molecular weight is 1450 g/mol. The monoisotopic (exact) mass is 1450 g/mol. The van der Waals surface area contributed by atoms with Crippen molar-refractivity contribution in [2.24, 2.45) is 0 Å². The first-order valence-electron chi connectivity index (χ1n) is 34.8. The summed E-state index contributed by atoms with van der Waals surface area (Å²) in [7, 11) is -14.1. The molecule has 0 unspecified atom stereocenters. The maximum Gasteiger partial charge on any atom is 3.00 e. The molecular weight excluding hydrogens is 1320 g/mol. The second-order valence-electron chi connectivity index (χ2n) is 39.2. The van der Waals surface area contributed by atoms with Crippen molar-refractivity contribution >= 4 is 40.8 Å². The van der Waals surface area contributed by atoms with E-state index in [-0.39, 0.29) is 82.3 Å². The summed E-state index contributed by atoms with van der Waals surface area (Å²) in [6.45, 7) is 75.1. The Morgan fingerprint density at radius 2 is 0.300 bits per heavy atom. The second-order valence-corrected chi connectivity index (χ2v) is 42.9. The van der Waals surface area contributed by atoms with Crippen LogP contribution < -0.4 is 41.8 Å². The first-order chi connectivity index (χ1) is 43.8. The van der Waals surface area contributed by atoms with Gasteiger partial charge < -0.3 is 41.8 Å². The molecule has 6 aromatic carbocycles. The predicted molar refractivity (Wildman–Crippen MR) is 415 cm³/mol. The quantitative estimate of drug-likeness (QED) is 0.0838. The number of rotatable bonds is 12. The molecule has 0 saturated heterocycles. The molecule has 0 bridgehead atoms. The second kappa shape index (κ2) is 30.7. The number of phosphoric acid groups is 3. The van der Waals surface area contributed by atoms with Gasteiger partial charge in [0.2, 0.25) is 0 Å². The van der Waals surface area contributed by atoms with Gasteiger partial charge in [0.15, 0.2) is 0 Å². The molecule has 0 atom stereocenters. The first kappa shape index (κ1) is 89.4. The van der Waals surface area contributed by atoms with Crippen LogP contribution in [0.3, 0.4) is 0 Å². The Morgan fingerprint density at radius 1 is 0.200 bits per heavy atom. The summed E-state index contributed by atoms with van der Waals surface area (Å²) in [4.78, 5) is 39.2. The van der Waals surface area contributed by atoms with Gasteiger partial charge in [-0.1, -0.05) is 322 Å². The SMILES string of the molecule is CC(C)(C)c1ccc(OP(=O)([O-])Oc2ccc(C(C)(C)C)cc2C(C)(C)C)c(C(C)(C)C)c1.CC(C)(C)c1ccc(OP(=O)([O-])Oc2ccc(C(C)(C)C)cc2C(C)(C)C)c(C(C)(C)C)c1.CC(C)(C)c1ccc(OP(=O)([O-])Oc2ccc(C(C)(C)C)cc2C(C)(C)C)c(C(C)(C)C)c1.[Al+3]. The van der Waals surface area contributed by atoms with Gasteiger partial charge in [0.05, 0.1) is 0 Å². The summed E-state index contributed by atoms with van der Waals surface area (Å²) in [5, 5.41) is 0. The Bertz CT molecular complexity index is 3290. The number of hydrogen-bond acceptors (Lipinski definition) is 12. The Balaban J connectivity index is 0.000000388. The van der Waals surface area contributed by atoms with Crippen LogP contribution in [0.5, 0.6) is 34.5 Å². The minimum Gasteiger partial charge on any atom is -0.736 e. The zero-order chi connectivity index (χ0) is 76.9. The first-order valence-corrected chi connectivity index (χ1v) is 39.2. The molecule has 0 aliphatic carbocycles. The Morgan fingerprint density at radius 3 is 0.380 bits per heavy atom. The van der Waals surface area contributed by atoms with E-state index in [0.29, 0.717) is 34.5 Å². The summed E-state index contributed by atoms with van der Waals surface area (Å²) in [6.07, 6.45) is 0. The van der Waals surface area contributed by atoms with Crippen LogP contribution in [0.1, 0.15) is 316 Å². The van der Waals surface area contributed by atoms with E-state index in [2.05, 4.69) is 125 Å². The minimum absolute atomic E-state index is 0. The topological polar surface area (TPSA) is 176 Å². The van der Waals surface area contributed by atoms with Crippen molar-refractivity contribution in [3.63, 3.8) is 0 Å². The maximum atomic E-state index is 13.1. The third-order valence-electron chi connectivity index (χ3n) is 17.2. The predicted octanol–water partition coefficient (Wildman–Crippen LogP) is 23.0. The van der Waals surface area contributed by atoms with E-state index in [1.165, 1.54) is 0 Å². The van der Waals surface area contributed by atoms with Gasteiger partial charge in [-0.15, -0.1) is 0 Å². The minimum atomic E-state index is -4.69. The van der Waals surface area contributed by atoms with Gasteiger partial charge in [0.1, 0.15) is 34.5 Å². The maximum absolute atomic E-state index is 13.1. The molecule has 6 rings (SSSR count). The fourth-order valence-electron chi connectivity index (χ4n) is 10.8. The Labute approximate surface area is 617 Å². The van der Waals surface area contributed by atoms with Crippen molar-refractivity contribution in [2.45, 2.75) is 314 Å². The molecule has 0 amide bonds. The summed E-state index contributed by atoms with van der Waals surface area (Å²) in [5.74, 6) is 1.82. The van der Waals surface area contributed by atoms with Gasteiger partial charge in [-0.3, -0.25) is 0 Å². The molecule has 0 spiro atoms. The van der Waals surface area contributed by atoms with Gasteiger partial charge in [-0.05, 0) is 135 Å². The van der Waals surface area contributed by atoms with E-state index < -0.39 is 23.5 Å².